The number of amides is 1. The van der Waals surface area contributed by atoms with Gasteiger partial charge in [0.25, 0.3) is 5.91 Å². The SMILES string of the molecule is Cc1cc(OC(CC(C)C)c2ccc(C(=O)NC[C@H](O)C(=O)O)cc2)cc(C)c1-c1ccc(C(F)(F)F)cc1. The summed E-state index contributed by atoms with van der Waals surface area (Å²) in [6, 6.07) is 15.6. The summed E-state index contributed by atoms with van der Waals surface area (Å²) in [4.78, 5) is 23.0. The van der Waals surface area contributed by atoms with Gasteiger partial charge in [0.1, 0.15) is 11.9 Å². The van der Waals surface area contributed by atoms with E-state index in [1.807, 2.05) is 26.0 Å². The molecular weight excluding hydrogens is 511 g/mol. The van der Waals surface area contributed by atoms with Crippen molar-refractivity contribution in [3.05, 3.63) is 88.5 Å². The van der Waals surface area contributed by atoms with E-state index in [1.54, 1.807) is 24.3 Å². The zero-order chi connectivity index (χ0) is 28.9. The molecule has 1 unspecified atom stereocenters. The molecule has 0 saturated heterocycles. The van der Waals surface area contributed by atoms with Gasteiger partial charge < -0.3 is 20.3 Å². The molecule has 1 amide bonds. The highest BCUT2D eigenvalue weighted by atomic mass is 19.4. The van der Waals surface area contributed by atoms with Crippen LogP contribution in [0.5, 0.6) is 5.75 Å². The fraction of sp³-hybridized carbons (Fsp3) is 0.333. The summed E-state index contributed by atoms with van der Waals surface area (Å²) in [5.41, 5.74) is 3.72. The van der Waals surface area contributed by atoms with Gasteiger partial charge in [-0.25, -0.2) is 4.79 Å². The van der Waals surface area contributed by atoms with Crippen molar-refractivity contribution in [1.82, 2.24) is 5.32 Å². The van der Waals surface area contributed by atoms with Crippen LogP contribution in [-0.2, 0) is 11.0 Å². The molecule has 0 saturated carbocycles. The Hall–Kier alpha value is -3.85. The normalized spacial score (nSPS) is 13.2. The summed E-state index contributed by atoms with van der Waals surface area (Å²) in [5.74, 6) is -1.01. The maximum atomic E-state index is 13.0. The Morgan fingerprint density at radius 2 is 1.51 bits per heavy atom. The second-order valence-corrected chi connectivity index (χ2v) is 9.93. The number of aliphatic hydroxyl groups is 1. The van der Waals surface area contributed by atoms with Crippen LogP contribution < -0.4 is 10.1 Å². The highest BCUT2D eigenvalue weighted by Gasteiger charge is 2.30. The zero-order valence-electron chi connectivity index (χ0n) is 22.2. The predicted octanol–water partition coefficient (Wildman–Crippen LogP) is 6.33. The van der Waals surface area contributed by atoms with Gasteiger partial charge in [-0.1, -0.05) is 38.1 Å². The van der Waals surface area contributed by atoms with Crippen molar-refractivity contribution < 1.29 is 37.7 Å². The van der Waals surface area contributed by atoms with E-state index in [0.29, 0.717) is 29.2 Å². The molecule has 0 aliphatic heterocycles. The van der Waals surface area contributed by atoms with E-state index in [1.165, 1.54) is 12.1 Å². The van der Waals surface area contributed by atoms with Crippen molar-refractivity contribution in [2.45, 2.75) is 52.5 Å². The number of carbonyl (C=O) groups excluding carboxylic acids is 1. The number of nitrogens with one attached hydrogen (secondary N) is 1. The highest BCUT2D eigenvalue weighted by molar-refractivity contribution is 5.94. The van der Waals surface area contributed by atoms with Crippen molar-refractivity contribution in [2.75, 3.05) is 6.54 Å². The molecule has 0 aliphatic carbocycles. The molecule has 208 valence electrons. The number of hydrogen-bond acceptors (Lipinski definition) is 4. The Balaban J connectivity index is 1.80. The molecular formula is C30H32F3NO5. The molecule has 2 atom stereocenters. The van der Waals surface area contributed by atoms with Crippen LogP contribution in [0.4, 0.5) is 13.2 Å². The number of aliphatic hydroxyl groups excluding tert-OH is 1. The first kappa shape index (κ1) is 29.7. The summed E-state index contributed by atoms with van der Waals surface area (Å²) in [6.45, 7) is 7.50. The molecule has 0 spiro atoms. The number of rotatable bonds is 10. The van der Waals surface area contributed by atoms with Crippen LogP contribution in [0.3, 0.4) is 0 Å². The highest BCUT2D eigenvalue weighted by Crippen LogP contribution is 2.36. The van der Waals surface area contributed by atoms with E-state index in [2.05, 4.69) is 19.2 Å². The van der Waals surface area contributed by atoms with Crippen LogP contribution in [0.2, 0.25) is 0 Å². The molecule has 0 bridgehead atoms. The fourth-order valence-electron chi connectivity index (χ4n) is 4.35. The van der Waals surface area contributed by atoms with Crippen molar-refractivity contribution in [3.63, 3.8) is 0 Å². The number of carbonyl (C=O) groups is 2. The standard InChI is InChI=1S/C30H32F3NO5/c1-17(2)13-26(20-5-7-22(8-6-20)28(36)34-16-25(35)29(37)38)39-24-14-18(3)27(19(4)15-24)21-9-11-23(12-10-21)30(31,32)33/h5-12,14-15,17,25-26,35H,13,16H2,1-4H3,(H,34,36)(H,37,38)/t25-,26?/m0/s1. The molecule has 0 heterocycles. The molecule has 3 aromatic carbocycles. The molecule has 3 N–H and O–H groups in total. The Bertz CT molecular complexity index is 1280. The number of carboxylic acids is 1. The summed E-state index contributed by atoms with van der Waals surface area (Å²) in [7, 11) is 0. The van der Waals surface area contributed by atoms with E-state index >= 15 is 0 Å². The van der Waals surface area contributed by atoms with Crippen LogP contribution in [0.25, 0.3) is 11.1 Å². The maximum absolute atomic E-state index is 13.0. The maximum Gasteiger partial charge on any atom is 0.416 e. The topological polar surface area (TPSA) is 95.9 Å². The van der Waals surface area contributed by atoms with Crippen molar-refractivity contribution in [1.29, 1.82) is 0 Å². The van der Waals surface area contributed by atoms with Gasteiger partial charge >= 0.3 is 12.1 Å². The second-order valence-electron chi connectivity index (χ2n) is 9.93. The predicted molar refractivity (Wildman–Crippen MR) is 142 cm³/mol. The minimum atomic E-state index is -4.39. The summed E-state index contributed by atoms with van der Waals surface area (Å²) in [5, 5.41) is 20.5. The van der Waals surface area contributed by atoms with Crippen LogP contribution >= 0.6 is 0 Å². The number of aliphatic carboxylic acids is 1. The number of hydrogen-bond donors (Lipinski definition) is 3. The fourth-order valence-corrected chi connectivity index (χ4v) is 4.35. The Morgan fingerprint density at radius 1 is 0.949 bits per heavy atom. The van der Waals surface area contributed by atoms with Gasteiger partial charge in [-0.2, -0.15) is 13.2 Å². The van der Waals surface area contributed by atoms with Crippen molar-refractivity contribution >= 4 is 11.9 Å². The van der Waals surface area contributed by atoms with Gasteiger partial charge in [0.05, 0.1) is 12.1 Å². The first-order valence-electron chi connectivity index (χ1n) is 12.5. The summed E-state index contributed by atoms with van der Waals surface area (Å²) < 4.78 is 45.3. The average Bonchev–Trinajstić information content (AvgIpc) is 2.86. The summed E-state index contributed by atoms with van der Waals surface area (Å²) >= 11 is 0. The largest absolute Gasteiger partial charge is 0.486 e. The smallest absolute Gasteiger partial charge is 0.416 e. The molecule has 3 rings (SSSR count). The van der Waals surface area contributed by atoms with Gasteiger partial charge in [-0.05, 0) is 90.4 Å². The van der Waals surface area contributed by atoms with Crippen LogP contribution in [-0.4, -0.2) is 34.7 Å². The third-order valence-electron chi connectivity index (χ3n) is 6.26. The van der Waals surface area contributed by atoms with Gasteiger partial charge in [-0.3, -0.25) is 4.79 Å². The van der Waals surface area contributed by atoms with E-state index in [-0.39, 0.29) is 6.10 Å². The number of carboxylic acid groups (broad SMARTS) is 1. The van der Waals surface area contributed by atoms with Gasteiger partial charge in [-0.15, -0.1) is 0 Å². The third kappa shape index (κ3) is 7.83. The monoisotopic (exact) mass is 543 g/mol. The lowest BCUT2D eigenvalue weighted by molar-refractivity contribution is -0.146. The van der Waals surface area contributed by atoms with Crippen molar-refractivity contribution in [3.8, 4) is 16.9 Å². The molecule has 0 aliphatic rings. The molecule has 0 aromatic heterocycles. The van der Waals surface area contributed by atoms with Gasteiger partial charge in [0.15, 0.2) is 6.10 Å². The number of halogens is 3. The van der Waals surface area contributed by atoms with Crippen LogP contribution in [0, 0.1) is 19.8 Å². The number of aryl methyl sites for hydroxylation is 2. The Labute approximate surface area is 225 Å². The summed E-state index contributed by atoms with van der Waals surface area (Å²) in [6.07, 6.45) is -5.72. The molecule has 3 aromatic rings. The number of alkyl halides is 3. The lowest BCUT2D eigenvalue weighted by Gasteiger charge is -2.23. The number of ether oxygens (including phenoxy) is 1. The van der Waals surface area contributed by atoms with Crippen LogP contribution in [0.15, 0.2) is 60.7 Å². The van der Waals surface area contributed by atoms with Gasteiger partial charge in [0.2, 0.25) is 0 Å². The molecule has 9 heteroatoms. The zero-order valence-corrected chi connectivity index (χ0v) is 22.2. The minimum absolute atomic E-state index is 0.295. The van der Waals surface area contributed by atoms with E-state index in [9.17, 15) is 27.9 Å². The Kier molecular flexibility index (Phi) is 9.40. The van der Waals surface area contributed by atoms with Gasteiger partial charge in [0, 0.05) is 5.56 Å². The third-order valence-corrected chi connectivity index (χ3v) is 6.26. The first-order chi connectivity index (χ1) is 18.3. The lowest BCUT2D eigenvalue weighted by atomic mass is 9.94. The molecule has 0 radical (unpaired) electrons. The molecule has 6 nitrogen and oxygen atoms in total. The Morgan fingerprint density at radius 3 is 2.00 bits per heavy atom. The molecule has 39 heavy (non-hydrogen) atoms. The van der Waals surface area contributed by atoms with E-state index in [4.69, 9.17) is 9.84 Å². The van der Waals surface area contributed by atoms with Crippen molar-refractivity contribution in [2.24, 2.45) is 5.92 Å². The second kappa shape index (κ2) is 12.3. The lowest BCUT2D eigenvalue weighted by Crippen LogP contribution is -2.36. The first-order valence-corrected chi connectivity index (χ1v) is 12.5. The van der Waals surface area contributed by atoms with Crippen LogP contribution in [0.1, 0.15) is 59.0 Å². The quantitative estimate of drug-likeness (QED) is 0.278. The minimum Gasteiger partial charge on any atom is -0.486 e. The molecule has 0 fully saturated rings. The van der Waals surface area contributed by atoms with E-state index in [0.717, 1.165) is 34.4 Å². The van der Waals surface area contributed by atoms with E-state index < -0.39 is 36.3 Å². The number of benzene rings is 3. The average molecular weight is 544 g/mol.